The summed E-state index contributed by atoms with van der Waals surface area (Å²) in [5, 5.41) is 5.66. The van der Waals surface area contributed by atoms with Crippen molar-refractivity contribution in [3.63, 3.8) is 0 Å². The van der Waals surface area contributed by atoms with Crippen LogP contribution in [0.25, 0.3) is 0 Å². The maximum absolute atomic E-state index is 12.9. The Kier molecular flexibility index (Phi) is 6.44. The molecule has 1 saturated carbocycles. The number of nitrogens with zero attached hydrogens (tertiary/aromatic N) is 1. The first-order valence-corrected chi connectivity index (χ1v) is 9.36. The zero-order chi connectivity index (χ0) is 19.1. The molecule has 1 aliphatic carbocycles. The van der Waals surface area contributed by atoms with Gasteiger partial charge < -0.3 is 21.3 Å². The molecule has 2 aromatic rings. The highest BCUT2D eigenvalue weighted by atomic mass is 16.2. The van der Waals surface area contributed by atoms with E-state index >= 15 is 0 Å². The second-order valence-corrected chi connectivity index (χ2v) is 6.77. The average Bonchev–Trinajstić information content (AvgIpc) is 3.49. The van der Waals surface area contributed by atoms with Crippen LogP contribution in [0.5, 0.6) is 0 Å². The van der Waals surface area contributed by atoms with Gasteiger partial charge in [-0.25, -0.2) is 4.79 Å². The van der Waals surface area contributed by atoms with Crippen molar-refractivity contribution in [3.8, 4) is 0 Å². The molecule has 3 rings (SSSR count). The van der Waals surface area contributed by atoms with Crippen LogP contribution in [-0.2, 0) is 6.42 Å². The Morgan fingerprint density at radius 3 is 2.52 bits per heavy atom. The number of hydrogen-bond acceptors (Lipinski definition) is 3. The second-order valence-electron chi connectivity index (χ2n) is 6.77. The third-order valence-corrected chi connectivity index (χ3v) is 4.48. The molecule has 0 heterocycles. The van der Waals surface area contributed by atoms with Crippen molar-refractivity contribution < 1.29 is 9.59 Å². The van der Waals surface area contributed by atoms with Crippen LogP contribution < -0.4 is 16.4 Å². The molecule has 27 heavy (non-hydrogen) atoms. The van der Waals surface area contributed by atoms with Crippen molar-refractivity contribution in [2.24, 2.45) is 5.73 Å². The molecule has 0 bridgehead atoms. The molecule has 3 amide bonds. The summed E-state index contributed by atoms with van der Waals surface area (Å²) in [6.07, 6.45) is 2.83. The Labute approximate surface area is 159 Å². The predicted molar refractivity (Wildman–Crippen MR) is 107 cm³/mol. The van der Waals surface area contributed by atoms with Gasteiger partial charge in [-0.2, -0.15) is 0 Å². The summed E-state index contributed by atoms with van der Waals surface area (Å²) in [5.41, 5.74) is 8.03. The molecule has 0 spiro atoms. The molecule has 0 atom stereocenters. The average molecular weight is 366 g/mol. The van der Waals surface area contributed by atoms with E-state index < -0.39 is 0 Å². The minimum absolute atomic E-state index is 0.0809. The maximum atomic E-state index is 12.9. The second kappa shape index (κ2) is 9.19. The van der Waals surface area contributed by atoms with Gasteiger partial charge in [-0.05, 0) is 43.0 Å². The summed E-state index contributed by atoms with van der Waals surface area (Å²) in [6, 6.07) is 17.1. The summed E-state index contributed by atoms with van der Waals surface area (Å²) in [4.78, 5) is 26.6. The van der Waals surface area contributed by atoms with Crippen molar-refractivity contribution in [2.75, 3.05) is 25.0 Å². The van der Waals surface area contributed by atoms with Crippen LogP contribution in [0.4, 0.5) is 10.5 Å². The molecule has 1 aliphatic rings. The number of rotatable bonds is 8. The SMILES string of the molecule is NCCN(CCc1ccccc1)C(=O)c1cccc(NC(=O)NC2CC2)c1. The van der Waals surface area contributed by atoms with Gasteiger partial charge in [-0.1, -0.05) is 36.4 Å². The molecule has 0 unspecified atom stereocenters. The monoisotopic (exact) mass is 366 g/mol. The van der Waals surface area contributed by atoms with E-state index in [1.807, 2.05) is 30.3 Å². The number of carbonyl (C=O) groups is 2. The fourth-order valence-electron chi connectivity index (χ4n) is 2.87. The van der Waals surface area contributed by atoms with Gasteiger partial charge in [0.1, 0.15) is 0 Å². The fourth-order valence-corrected chi connectivity index (χ4v) is 2.87. The number of anilines is 1. The van der Waals surface area contributed by atoms with E-state index in [2.05, 4.69) is 10.6 Å². The summed E-state index contributed by atoms with van der Waals surface area (Å²) in [7, 11) is 0. The smallest absolute Gasteiger partial charge is 0.319 e. The van der Waals surface area contributed by atoms with Gasteiger partial charge in [0, 0.05) is 36.9 Å². The van der Waals surface area contributed by atoms with Crippen LogP contribution in [0.1, 0.15) is 28.8 Å². The van der Waals surface area contributed by atoms with Gasteiger partial charge in [-0.15, -0.1) is 0 Å². The largest absolute Gasteiger partial charge is 0.337 e. The highest BCUT2D eigenvalue weighted by Gasteiger charge is 2.23. The first-order chi connectivity index (χ1) is 13.2. The first kappa shape index (κ1) is 18.9. The normalized spacial score (nSPS) is 13.1. The Balaban J connectivity index is 1.63. The number of amides is 3. The van der Waals surface area contributed by atoms with E-state index in [-0.39, 0.29) is 18.0 Å². The number of carbonyl (C=O) groups excluding carboxylic acids is 2. The van der Waals surface area contributed by atoms with Crippen molar-refractivity contribution in [1.29, 1.82) is 0 Å². The Morgan fingerprint density at radius 1 is 1.04 bits per heavy atom. The standard InChI is InChI=1S/C21H26N4O2/c22-12-14-25(13-11-16-5-2-1-3-6-16)20(26)17-7-4-8-19(15-17)24-21(27)23-18-9-10-18/h1-8,15,18H,9-14,22H2,(H2,23,24,27). The number of hydrogen-bond donors (Lipinski definition) is 3. The number of benzene rings is 2. The molecule has 142 valence electrons. The van der Waals surface area contributed by atoms with Gasteiger partial charge in [0.25, 0.3) is 5.91 Å². The molecule has 4 N–H and O–H groups in total. The van der Waals surface area contributed by atoms with Crippen molar-refractivity contribution in [2.45, 2.75) is 25.3 Å². The Hall–Kier alpha value is -2.86. The van der Waals surface area contributed by atoms with Gasteiger partial charge in [0.05, 0.1) is 0 Å². The molecular formula is C21H26N4O2. The third kappa shape index (κ3) is 5.82. The zero-order valence-corrected chi connectivity index (χ0v) is 15.4. The lowest BCUT2D eigenvalue weighted by Crippen LogP contribution is -2.37. The highest BCUT2D eigenvalue weighted by molar-refractivity contribution is 5.97. The van der Waals surface area contributed by atoms with Gasteiger partial charge in [-0.3, -0.25) is 4.79 Å². The summed E-state index contributed by atoms with van der Waals surface area (Å²) in [6.45, 7) is 1.49. The predicted octanol–water partition coefficient (Wildman–Crippen LogP) is 2.61. The van der Waals surface area contributed by atoms with Crippen LogP contribution >= 0.6 is 0 Å². The van der Waals surface area contributed by atoms with E-state index in [1.165, 1.54) is 5.56 Å². The Morgan fingerprint density at radius 2 is 1.81 bits per heavy atom. The van der Waals surface area contributed by atoms with Crippen LogP contribution in [0.2, 0.25) is 0 Å². The topological polar surface area (TPSA) is 87.5 Å². The molecule has 6 heteroatoms. The molecule has 2 aromatic carbocycles. The molecule has 0 saturated heterocycles. The molecule has 6 nitrogen and oxygen atoms in total. The highest BCUT2D eigenvalue weighted by Crippen LogP contribution is 2.19. The van der Waals surface area contributed by atoms with Crippen molar-refractivity contribution >= 4 is 17.6 Å². The molecule has 0 aliphatic heterocycles. The van der Waals surface area contributed by atoms with Crippen LogP contribution in [0.3, 0.4) is 0 Å². The first-order valence-electron chi connectivity index (χ1n) is 9.36. The van der Waals surface area contributed by atoms with Crippen molar-refractivity contribution in [3.05, 3.63) is 65.7 Å². The molecule has 1 fully saturated rings. The lowest BCUT2D eigenvalue weighted by atomic mass is 10.1. The van der Waals surface area contributed by atoms with Crippen LogP contribution in [0, 0.1) is 0 Å². The summed E-state index contributed by atoms with van der Waals surface area (Å²) in [5.74, 6) is -0.0809. The maximum Gasteiger partial charge on any atom is 0.319 e. The number of urea groups is 1. The van der Waals surface area contributed by atoms with E-state index in [0.717, 1.165) is 19.3 Å². The van der Waals surface area contributed by atoms with E-state index in [1.54, 1.807) is 29.2 Å². The number of nitrogens with two attached hydrogens (primary N) is 1. The minimum Gasteiger partial charge on any atom is -0.337 e. The van der Waals surface area contributed by atoms with Crippen LogP contribution in [-0.4, -0.2) is 42.5 Å². The Bertz CT molecular complexity index is 775. The minimum atomic E-state index is -0.231. The van der Waals surface area contributed by atoms with Gasteiger partial charge in [0.15, 0.2) is 0 Å². The summed E-state index contributed by atoms with van der Waals surface area (Å²) >= 11 is 0. The fraction of sp³-hybridized carbons (Fsp3) is 0.333. The molecule has 0 radical (unpaired) electrons. The van der Waals surface area contributed by atoms with Gasteiger partial charge in [0.2, 0.25) is 0 Å². The molecule has 0 aromatic heterocycles. The van der Waals surface area contributed by atoms with E-state index in [9.17, 15) is 9.59 Å². The number of nitrogens with one attached hydrogen (secondary N) is 2. The van der Waals surface area contributed by atoms with Crippen LogP contribution in [0.15, 0.2) is 54.6 Å². The third-order valence-electron chi connectivity index (χ3n) is 4.48. The quantitative estimate of drug-likeness (QED) is 0.671. The van der Waals surface area contributed by atoms with Crippen molar-refractivity contribution in [1.82, 2.24) is 10.2 Å². The lowest BCUT2D eigenvalue weighted by Gasteiger charge is -2.22. The van der Waals surface area contributed by atoms with Gasteiger partial charge >= 0.3 is 6.03 Å². The molecular weight excluding hydrogens is 340 g/mol. The lowest BCUT2D eigenvalue weighted by molar-refractivity contribution is 0.0762. The van der Waals surface area contributed by atoms with E-state index in [4.69, 9.17) is 5.73 Å². The zero-order valence-electron chi connectivity index (χ0n) is 15.4. The van der Waals surface area contributed by atoms with E-state index in [0.29, 0.717) is 30.9 Å². The summed E-state index contributed by atoms with van der Waals surface area (Å²) < 4.78 is 0.